The Bertz CT molecular complexity index is 459. The van der Waals surface area contributed by atoms with E-state index in [2.05, 4.69) is 28.9 Å². The Labute approximate surface area is 125 Å². The number of hydrogen-bond acceptors (Lipinski definition) is 6. The number of carbonyl (C=O) groups is 1. The van der Waals surface area contributed by atoms with Crippen molar-refractivity contribution in [3.63, 3.8) is 0 Å². The predicted octanol–water partition coefficient (Wildman–Crippen LogP) is 2.04. The van der Waals surface area contributed by atoms with Crippen LogP contribution in [0.5, 0.6) is 0 Å². The number of piperidine rings is 1. The lowest BCUT2D eigenvalue weighted by molar-refractivity contribution is -0.150. The van der Waals surface area contributed by atoms with Gasteiger partial charge in [-0.2, -0.15) is 4.98 Å². The van der Waals surface area contributed by atoms with Gasteiger partial charge in [0.15, 0.2) is 5.82 Å². The van der Waals surface area contributed by atoms with Crippen LogP contribution >= 0.6 is 0 Å². The highest BCUT2D eigenvalue weighted by molar-refractivity contribution is 5.72. The third-order valence-electron chi connectivity index (χ3n) is 3.58. The van der Waals surface area contributed by atoms with E-state index in [1.807, 2.05) is 6.92 Å². The molecule has 0 spiro atoms. The summed E-state index contributed by atoms with van der Waals surface area (Å²) < 4.78 is 10.4. The molecule has 1 aliphatic rings. The third kappa shape index (κ3) is 4.81. The van der Waals surface area contributed by atoms with Crippen LogP contribution in [0, 0.1) is 11.8 Å². The Hall–Kier alpha value is -1.43. The highest BCUT2D eigenvalue weighted by Crippen LogP contribution is 2.19. The lowest BCUT2D eigenvalue weighted by Crippen LogP contribution is -2.39. The van der Waals surface area contributed by atoms with Gasteiger partial charge >= 0.3 is 5.97 Å². The van der Waals surface area contributed by atoms with Crippen molar-refractivity contribution in [3.05, 3.63) is 11.7 Å². The van der Waals surface area contributed by atoms with Gasteiger partial charge in [-0.1, -0.05) is 19.0 Å². The van der Waals surface area contributed by atoms with E-state index in [1.165, 1.54) is 0 Å². The summed E-state index contributed by atoms with van der Waals surface area (Å²) in [5, 5.41) is 4.03. The fourth-order valence-electron chi connectivity index (χ4n) is 2.64. The molecule has 21 heavy (non-hydrogen) atoms. The molecule has 0 aromatic carbocycles. The molecule has 0 N–H and O–H groups in total. The molecule has 2 rings (SSSR count). The molecule has 1 atom stereocenters. The first-order valence-electron chi connectivity index (χ1n) is 7.79. The van der Waals surface area contributed by atoms with Crippen LogP contribution in [0.15, 0.2) is 4.52 Å². The predicted molar refractivity (Wildman–Crippen MR) is 77.5 cm³/mol. The molecule has 1 aromatic rings. The summed E-state index contributed by atoms with van der Waals surface area (Å²) >= 11 is 0. The second-order valence-electron chi connectivity index (χ2n) is 6.03. The highest BCUT2D eigenvalue weighted by atomic mass is 16.5. The number of hydrogen-bond donors (Lipinski definition) is 0. The first-order valence-corrected chi connectivity index (χ1v) is 7.79. The van der Waals surface area contributed by atoms with Gasteiger partial charge in [0, 0.05) is 13.0 Å². The van der Waals surface area contributed by atoms with Gasteiger partial charge in [0.2, 0.25) is 5.89 Å². The van der Waals surface area contributed by atoms with Crippen LogP contribution in [0.1, 0.15) is 45.3 Å². The minimum absolute atomic E-state index is 0.0271. The molecule has 0 aliphatic carbocycles. The SMILES string of the molecule is CCOC(=O)[C@@H]1CCCN(Cc2noc(CC(C)C)n2)C1. The molecule has 0 bridgehead atoms. The van der Waals surface area contributed by atoms with Crippen LogP contribution in [0.2, 0.25) is 0 Å². The molecule has 6 heteroatoms. The van der Waals surface area contributed by atoms with Crippen molar-refractivity contribution in [2.45, 2.75) is 46.6 Å². The fourth-order valence-corrected chi connectivity index (χ4v) is 2.64. The second kappa shape index (κ2) is 7.54. The van der Waals surface area contributed by atoms with Crippen molar-refractivity contribution in [1.29, 1.82) is 0 Å². The Balaban J connectivity index is 1.87. The van der Waals surface area contributed by atoms with Crippen LogP contribution in [0.3, 0.4) is 0 Å². The van der Waals surface area contributed by atoms with Gasteiger partial charge in [0.25, 0.3) is 0 Å². The maximum atomic E-state index is 11.8. The van der Waals surface area contributed by atoms with E-state index >= 15 is 0 Å². The molecule has 1 aliphatic heterocycles. The molecule has 2 heterocycles. The van der Waals surface area contributed by atoms with E-state index in [9.17, 15) is 4.79 Å². The molecule has 118 valence electrons. The number of ether oxygens (including phenoxy) is 1. The normalized spacial score (nSPS) is 19.9. The van der Waals surface area contributed by atoms with Crippen molar-refractivity contribution < 1.29 is 14.1 Å². The van der Waals surface area contributed by atoms with Gasteiger partial charge in [0.1, 0.15) is 0 Å². The van der Waals surface area contributed by atoms with Gasteiger partial charge in [-0.25, -0.2) is 0 Å². The fraction of sp³-hybridized carbons (Fsp3) is 0.800. The molecule has 1 fully saturated rings. The smallest absolute Gasteiger partial charge is 0.310 e. The van der Waals surface area contributed by atoms with E-state index in [1.54, 1.807) is 0 Å². The number of esters is 1. The summed E-state index contributed by atoms with van der Waals surface area (Å²) in [5.41, 5.74) is 0. The van der Waals surface area contributed by atoms with E-state index in [4.69, 9.17) is 9.26 Å². The van der Waals surface area contributed by atoms with Gasteiger partial charge in [-0.05, 0) is 32.2 Å². The van der Waals surface area contributed by atoms with Crippen LogP contribution in [0.25, 0.3) is 0 Å². The molecule has 1 saturated heterocycles. The molecule has 0 amide bonds. The molecule has 1 aromatic heterocycles. The summed E-state index contributed by atoms with van der Waals surface area (Å²) in [6, 6.07) is 0. The average molecular weight is 295 g/mol. The van der Waals surface area contributed by atoms with Crippen molar-refractivity contribution in [1.82, 2.24) is 15.0 Å². The topological polar surface area (TPSA) is 68.5 Å². The monoisotopic (exact) mass is 295 g/mol. The number of carbonyl (C=O) groups excluding carboxylic acids is 1. The minimum Gasteiger partial charge on any atom is -0.466 e. The lowest BCUT2D eigenvalue weighted by Gasteiger charge is -2.30. The van der Waals surface area contributed by atoms with Gasteiger partial charge in [-0.15, -0.1) is 0 Å². The Kier molecular flexibility index (Phi) is 5.73. The van der Waals surface area contributed by atoms with E-state index in [-0.39, 0.29) is 11.9 Å². The van der Waals surface area contributed by atoms with Crippen molar-refractivity contribution in [2.24, 2.45) is 11.8 Å². The first-order chi connectivity index (χ1) is 10.1. The van der Waals surface area contributed by atoms with Crippen LogP contribution in [-0.2, 0) is 22.5 Å². The van der Waals surface area contributed by atoms with Crippen LogP contribution < -0.4 is 0 Å². The molecule has 0 radical (unpaired) electrons. The third-order valence-corrected chi connectivity index (χ3v) is 3.58. The first kappa shape index (κ1) is 15.9. The Morgan fingerprint density at radius 1 is 1.52 bits per heavy atom. The van der Waals surface area contributed by atoms with Crippen LogP contribution in [-0.4, -0.2) is 40.7 Å². The highest BCUT2D eigenvalue weighted by Gasteiger charge is 2.27. The summed E-state index contributed by atoms with van der Waals surface area (Å²) in [6.45, 7) is 8.85. The standard InChI is InChI=1S/C15H25N3O3/c1-4-20-15(19)12-6-5-7-18(9-12)10-13-16-14(21-17-13)8-11(2)3/h11-12H,4-10H2,1-3H3/t12-/m1/s1. The minimum atomic E-state index is -0.0872. The Morgan fingerprint density at radius 2 is 2.33 bits per heavy atom. The number of likely N-dealkylation sites (tertiary alicyclic amines) is 1. The molecule has 0 unspecified atom stereocenters. The van der Waals surface area contributed by atoms with Gasteiger partial charge in [0.05, 0.1) is 19.1 Å². The van der Waals surface area contributed by atoms with Crippen molar-refractivity contribution >= 4 is 5.97 Å². The zero-order valence-corrected chi connectivity index (χ0v) is 13.2. The maximum absolute atomic E-state index is 11.8. The molecular formula is C15H25N3O3. The zero-order chi connectivity index (χ0) is 15.2. The summed E-state index contributed by atoms with van der Waals surface area (Å²) in [5.74, 6) is 1.78. The lowest BCUT2D eigenvalue weighted by atomic mass is 9.98. The van der Waals surface area contributed by atoms with Crippen LogP contribution in [0.4, 0.5) is 0 Å². The van der Waals surface area contributed by atoms with Gasteiger partial charge < -0.3 is 9.26 Å². The number of nitrogens with zero attached hydrogens (tertiary/aromatic N) is 3. The summed E-state index contributed by atoms with van der Waals surface area (Å²) in [6.07, 6.45) is 2.71. The Morgan fingerprint density at radius 3 is 3.05 bits per heavy atom. The molecular weight excluding hydrogens is 270 g/mol. The van der Waals surface area contributed by atoms with Crippen molar-refractivity contribution in [3.8, 4) is 0 Å². The molecule has 6 nitrogen and oxygen atoms in total. The average Bonchev–Trinajstić information content (AvgIpc) is 2.85. The maximum Gasteiger partial charge on any atom is 0.310 e. The zero-order valence-electron chi connectivity index (χ0n) is 13.2. The van der Waals surface area contributed by atoms with Gasteiger partial charge in [-0.3, -0.25) is 9.69 Å². The van der Waals surface area contributed by atoms with E-state index in [0.717, 1.165) is 25.8 Å². The number of rotatable bonds is 6. The van der Waals surface area contributed by atoms with E-state index < -0.39 is 0 Å². The largest absolute Gasteiger partial charge is 0.466 e. The molecule has 0 saturated carbocycles. The number of aromatic nitrogens is 2. The summed E-state index contributed by atoms with van der Waals surface area (Å²) in [4.78, 5) is 18.4. The van der Waals surface area contributed by atoms with Crippen molar-refractivity contribution in [2.75, 3.05) is 19.7 Å². The van der Waals surface area contributed by atoms with E-state index in [0.29, 0.717) is 37.3 Å². The quantitative estimate of drug-likeness (QED) is 0.748. The summed E-state index contributed by atoms with van der Waals surface area (Å²) in [7, 11) is 0. The second-order valence-corrected chi connectivity index (χ2v) is 6.03.